The van der Waals surface area contributed by atoms with Crippen molar-refractivity contribution in [2.24, 2.45) is 0 Å². The Balaban J connectivity index is 1.39. The molecule has 1 amide bonds. The molecule has 154 valence electrons. The summed E-state index contributed by atoms with van der Waals surface area (Å²) in [5.74, 6) is 0.179. The van der Waals surface area contributed by atoms with E-state index < -0.39 is 0 Å². The minimum atomic E-state index is -0.292. The van der Waals surface area contributed by atoms with E-state index in [1.807, 2.05) is 43.3 Å². The third-order valence-corrected chi connectivity index (χ3v) is 4.80. The predicted molar refractivity (Wildman–Crippen MR) is 119 cm³/mol. The van der Waals surface area contributed by atoms with Gasteiger partial charge in [-0.1, -0.05) is 29.8 Å². The van der Waals surface area contributed by atoms with E-state index in [1.165, 1.54) is 24.0 Å². The molecule has 0 unspecified atom stereocenters. The highest BCUT2D eigenvalue weighted by atomic mass is 19.1. The van der Waals surface area contributed by atoms with Crippen LogP contribution >= 0.6 is 0 Å². The smallest absolute Gasteiger partial charge is 0.251 e. The number of hydrogen-bond donors (Lipinski definition) is 2. The Kier molecular flexibility index (Phi) is 5.98. The third-order valence-electron chi connectivity index (χ3n) is 4.80. The van der Waals surface area contributed by atoms with Gasteiger partial charge in [-0.3, -0.25) is 4.79 Å². The van der Waals surface area contributed by atoms with Crippen LogP contribution in [0.25, 0.3) is 11.3 Å². The van der Waals surface area contributed by atoms with Crippen LogP contribution in [0.2, 0.25) is 0 Å². The molecule has 0 aliphatic rings. The molecule has 0 spiro atoms. The van der Waals surface area contributed by atoms with Crippen molar-refractivity contribution in [1.82, 2.24) is 15.3 Å². The fourth-order valence-electron chi connectivity index (χ4n) is 3.05. The lowest BCUT2D eigenvalue weighted by atomic mass is 10.1. The number of nitrogens with one attached hydrogen (secondary N) is 2. The normalized spacial score (nSPS) is 10.5. The van der Waals surface area contributed by atoms with Crippen LogP contribution in [-0.2, 0) is 6.54 Å². The molecule has 4 aromatic rings. The Morgan fingerprint density at radius 2 is 1.61 bits per heavy atom. The molecule has 6 heteroatoms. The Hall–Kier alpha value is -4.06. The number of nitrogens with zero attached hydrogens (tertiary/aromatic N) is 2. The van der Waals surface area contributed by atoms with Gasteiger partial charge in [0.15, 0.2) is 0 Å². The number of anilines is 2. The number of carbonyl (C=O) groups excluding carboxylic acids is 1. The predicted octanol–water partition coefficient (Wildman–Crippen LogP) is 5.26. The average Bonchev–Trinajstić information content (AvgIpc) is 2.80. The fraction of sp³-hybridized carbons (Fsp3) is 0.0800. The van der Waals surface area contributed by atoms with Gasteiger partial charge in [-0.2, -0.15) is 0 Å². The summed E-state index contributed by atoms with van der Waals surface area (Å²) in [5, 5.41) is 6.12. The highest BCUT2D eigenvalue weighted by Gasteiger charge is 2.07. The van der Waals surface area contributed by atoms with E-state index in [0.29, 0.717) is 23.6 Å². The van der Waals surface area contributed by atoms with Gasteiger partial charge < -0.3 is 10.6 Å². The van der Waals surface area contributed by atoms with E-state index in [1.54, 1.807) is 30.3 Å². The molecule has 0 saturated carbocycles. The van der Waals surface area contributed by atoms with Gasteiger partial charge in [-0.05, 0) is 61.0 Å². The summed E-state index contributed by atoms with van der Waals surface area (Å²) >= 11 is 0. The minimum absolute atomic E-state index is 0.132. The summed E-state index contributed by atoms with van der Waals surface area (Å²) < 4.78 is 13.1. The third kappa shape index (κ3) is 5.30. The zero-order chi connectivity index (χ0) is 21.6. The SMILES string of the molecule is Cc1ccc(CNC(=O)c2ccc(Nc3cc(-c4ccc(F)cc4)ncn3)cc2)cc1. The summed E-state index contributed by atoms with van der Waals surface area (Å²) in [6.45, 7) is 2.51. The fourth-order valence-corrected chi connectivity index (χ4v) is 3.05. The zero-order valence-electron chi connectivity index (χ0n) is 17.0. The minimum Gasteiger partial charge on any atom is -0.348 e. The van der Waals surface area contributed by atoms with Gasteiger partial charge in [-0.15, -0.1) is 0 Å². The van der Waals surface area contributed by atoms with Gasteiger partial charge in [-0.25, -0.2) is 14.4 Å². The van der Waals surface area contributed by atoms with Gasteiger partial charge in [0, 0.05) is 29.4 Å². The van der Waals surface area contributed by atoms with Crippen molar-refractivity contribution < 1.29 is 9.18 Å². The standard InChI is InChI=1S/C25H21FN4O/c1-17-2-4-18(5-3-17)15-27-25(31)20-8-12-22(13-9-20)30-24-14-23(28-16-29-24)19-6-10-21(26)11-7-19/h2-14,16H,15H2,1H3,(H,27,31)(H,28,29,30). The highest BCUT2D eigenvalue weighted by Crippen LogP contribution is 2.21. The highest BCUT2D eigenvalue weighted by molar-refractivity contribution is 5.94. The maximum Gasteiger partial charge on any atom is 0.251 e. The van der Waals surface area contributed by atoms with Crippen LogP contribution in [0, 0.1) is 12.7 Å². The molecule has 2 N–H and O–H groups in total. The van der Waals surface area contributed by atoms with E-state index in [2.05, 4.69) is 20.6 Å². The summed E-state index contributed by atoms with van der Waals surface area (Å²) in [6, 6.07) is 23.1. The number of halogens is 1. The van der Waals surface area contributed by atoms with Crippen molar-refractivity contribution in [2.75, 3.05) is 5.32 Å². The second-order valence-corrected chi connectivity index (χ2v) is 7.17. The molecule has 1 heterocycles. The van der Waals surface area contributed by atoms with Gasteiger partial charge in [0.25, 0.3) is 5.91 Å². The van der Waals surface area contributed by atoms with Crippen molar-refractivity contribution >= 4 is 17.4 Å². The first-order chi connectivity index (χ1) is 15.1. The lowest BCUT2D eigenvalue weighted by molar-refractivity contribution is 0.0951. The van der Waals surface area contributed by atoms with Crippen LogP contribution in [0.4, 0.5) is 15.9 Å². The quantitative estimate of drug-likeness (QED) is 0.453. The maximum atomic E-state index is 13.1. The molecule has 4 rings (SSSR count). The molecule has 1 aromatic heterocycles. The average molecular weight is 412 g/mol. The van der Waals surface area contributed by atoms with Crippen LogP contribution in [0.3, 0.4) is 0 Å². The van der Waals surface area contributed by atoms with E-state index >= 15 is 0 Å². The Bertz CT molecular complexity index is 1170. The summed E-state index contributed by atoms with van der Waals surface area (Å²) in [6.07, 6.45) is 1.45. The lowest BCUT2D eigenvalue weighted by Crippen LogP contribution is -2.22. The van der Waals surface area contributed by atoms with E-state index in [9.17, 15) is 9.18 Å². The molecule has 0 radical (unpaired) electrons. The molecule has 0 aliphatic heterocycles. The summed E-state index contributed by atoms with van der Waals surface area (Å²) in [5.41, 5.74) is 5.09. The van der Waals surface area contributed by atoms with E-state index in [0.717, 1.165) is 16.8 Å². The number of hydrogen-bond acceptors (Lipinski definition) is 4. The first kappa shape index (κ1) is 20.2. The van der Waals surface area contributed by atoms with Gasteiger partial charge >= 0.3 is 0 Å². The largest absolute Gasteiger partial charge is 0.348 e. The van der Waals surface area contributed by atoms with E-state index in [4.69, 9.17) is 0 Å². The molecule has 0 atom stereocenters. The monoisotopic (exact) mass is 412 g/mol. The van der Waals surface area contributed by atoms with Crippen LogP contribution in [-0.4, -0.2) is 15.9 Å². The number of aromatic nitrogens is 2. The van der Waals surface area contributed by atoms with Gasteiger partial charge in [0.2, 0.25) is 0 Å². The molecule has 0 bridgehead atoms. The molecule has 0 aliphatic carbocycles. The van der Waals surface area contributed by atoms with Crippen LogP contribution in [0.5, 0.6) is 0 Å². The van der Waals surface area contributed by atoms with Crippen LogP contribution < -0.4 is 10.6 Å². The van der Waals surface area contributed by atoms with Crippen LogP contribution in [0.15, 0.2) is 85.2 Å². The number of amides is 1. The Morgan fingerprint density at radius 3 is 2.32 bits per heavy atom. The Morgan fingerprint density at radius 1 is 0.903 bits per heavy atom. The summed E-state index contributed by atoms with van der Waals surface area (Å²) in [4.78, 5) is 20.9. The van der Waals surface area contributed by atoms with Crippen molar-refractivity contribution in [3.63, 3.8) is 0 Å². The molecule has 5 nitrogen and oxygen atoms in total. The van der Waals surface area contributed by atoms with Crippen LogP contribution in [0.1, 0.15) is 21.5 Å². The zero-order valence-corrected chi connectivity index (χ0v) is 17.0. The molecule has 0 fully saturated rings. The first-order valence-electron chi connectivity index (χ1n) is 9.86. The lowest BCUT2D eigenvalue weighted by Gasteiger charge is -2.09. The van der Waals surface area contributed by atoms with Crippen molar-refractivity contribution in [2.45, 2.75) is 13.5 Å². The van der Waals surface area contributed by atoms with Gasteiger partial charge in [0.1, 0.15) is 18.0 Å². The van der Waals surface area contributed by atoms with Crippen molar-refractivity contribution in [3.8, 4) is 11.3 Å². The first-order valence-corrected chi connectivity index (χ1v) is 9.86. The second-order valence-electron chi connectivity index (χ2n) is 7.17. The molecule has 3 aromatic carbocycles. The number of carbonyl (C=O) groups is 1. The van der Waals surface area contributed by atoms with Gasteiger partial charge in [0.05, 0.1) is 5.69 Å². The molecule has 0 saturated heterocycles. The number of rotatable bonds is 6. The van der Waals surface area contributed by atoms with Crippen molar-refractivity contribution in [1.29, 1.82) is 0 Å². The summed E-state index contributed by atoms with van der Waals surface area (Å²) in [7, 11) is 0. The molecular formula is C25H21FN4O. The maximum absolute atomic E-state index is 13.1. The number of aryl methyl sites for hydroxylation is 1. The van der Waals surface area contributed by atoms with Crippen molar-refractivity contribution in [3.05, 3.63) is 108 Å². The number of benzene rings is 3. The molecule has 31 heavy (non-hydrogen) atoms. The Labute approximate surface area is 180 Å². The second kappa shape index (κ2) is 9.17. The topological polar surface area (TPSA) is 66.9 Å². The molecular weight excluding hydrogens is 391 g/mol. The van der Waals surface area contributed by atoms with E-state index in [-0.39, 0.29) is 11.7 Å².